The summed E-state index contributed by atoms with van der Waals surface area (Å²) in [6.45, 7) is 2.03. The molecule has 0 aromatic carbocycles. The molecule has 1 N–H and O–H groups in total. The third-order valence-electron chi connectivity index (χ3n) is 2.20. The van der Waals surface area contributed by atoms with E-state index < -0.39 is 0 Å². The number of nitrogens with zero attached hydrogens (tertiary/aromatic N) is 3. The molecular formula is C10H18N4O. The van der Waals surface area contributed by atoms with Crippen molar-refractivity contribution in [1.82, 2.24) is 20.0 Å². The average molecular weight is 210 g/mol. The van der Waals surface area contributed by atoms with Crippen LogP contribution >= 0.6 is 0 Å². The second-order valence-electron chi connectivity index (χ2n) is 3.48. The van der Waals surface area contributed by atoms with Gasteiger partial charge in [0.2, 0.25) is 5.91 Å². The lowest BCUT2D eigenvalue weighted by atomic mass is 10.4. The maximum atomic E-state index is 11.6. The Hall–Kier alpha value is -1.36. The van der Waals surface area contributed by atoms with Crippen molar-refractivity contribution in [3.8, 4) is 0 Å². The number of nitrogens with one attached hydrogen (secondary N) is 1. The molecule has 0 aliphatic heterocycles. The first-order chi connectivity index (χ1) is 7.24. The summed E-state index contributed by atoms with van der Waals surface area (Å²) in [5.41, 5.74) is 0. The standard InChI is InChI=1S/C10H18N4O/c1-11-5-3-7-13(2)10(15)9-14-8-4-6-12-14/h4,6,8,11H,3,5,7,9H2,1-2H3. The number of aromatic nitrogens is 2. The topological polar surface area (TPSA) is 50.2 Å². The molecule has 0 aliphatic rings. The first kappa shape index (κ1) is 11.7. The number of hydrogen-bond acceptors (Lipinski definition) is 3. The molecule has 0 saturated heterocycles. The Morgan fingerprint density at radius 2 is 2.40 bits per heavy atom. The van der Waals surface area contributed by atoms with Gasteiger partial charge in [0.25, 0.3) is 0 Å². The maximum Gasteiger partial charge on any atom is 0.244 e. The Morgan fingerprint density at radius 3 is 3.00 bits per heavy atom. The van der Waals surface area contributed by atoms with Crippen LogP contribution in [0.15, 0.2) is 18.5 Å². The fraction of sp³-hybridized carbons (Fsp3) is 0.600. The molecular weight excluding hydrogens is 192 g/mol. The molecule has 0 radical (unpaired) electrons. The summed E-state index contributed by atoms with van der Waals surface area (Å²) >= 11 is 0. The summed E-state index contributed by atoms with van der Waals surface area (Å²) in [6.07, 6.45) is 4.44. The number of carbonyl (C=O) groups excluding carboxylic acids is 1. The molecule has 1 aromatic heterocycles. The van der Waals surface area contributed by atoms with Crippen molar-refractivity contribution < 1.29 is 4.79 Å². The predicted molar refractivity (Wildman–Crippen MR) is 58.4 cm³/mol. The van der Waals surface area contributed by atoms with Crippen LogP contribution in [0.5, 0.6) is 0 Å². The van der Waals surface area contributed by atoms with E-state index in [0.29, 0.717) is 6.54 Å². The van der Waals surface area contributed by atoms with E-state index in [1.807, 2.05) is 20.2 Å². The Bertz CT molecular complexity index is 284. The van der Waals surface area contributed by atoms with E-state index in [4.69, 9.17) is 0 Å². The van der Waals surface area contributed by atoms with Crippen molar-refractivity contribution >= 4 is 5.91 Å². The molecule has 1 rings (SSSR count). The molecule has 0 bridgehead atoms. The van der Waals surface area contributed by atoms with Crippen LogP contribution in [0.4, 0.5) is 0 Å². The fourth-order valence-corrected chi connectivity index (χ4v) is 1.27. The van der Waals surface area contributed by atoms with Gasteiger partial charge in [-0.1, -0.05) is 0 Å². The Morgan fingerprint density at radius 1 is 1.60 bits per heavy atom. The Kier molecular flexibility index (Phi) is 4.83. The molecule has 0 spiro atoms. The minimum atomic E-state index is 0.0924. The third-order valence-corrected chi connectivity index (χ3v) is 2.20. The fourth-order valence-electron chi connectivity index (χ4n) is 1.27. The minimum Gasteiger partial charge on any atom is -0.344 e. The lowest BCUT2D eigenvalue weighted by Crippen LogP contribution is -2.32. The lowest BCUT2D eigenvalue weighted by Gasteiger charge is -2.16. The molecule has 0 unspecified atom stereocenters. The Labute approximate surface area is 90.1 Å². The molecule has 84 valence electrons. The summed E-state index contributed by atoms with van der Waals surface area (Å²) in [7, 11) is 3.73. The summed E-state index contributed by atoms with van der Waals surface area (Å²) in [5.74, 6) is 0.0924. The van der Waals surface area contributed by atoms with Crippen molar-refractivity contribution in [3.05, 3.63) is 18.5 Å². The predicted octanol–water partition coefficient (Wildman–Crippen LogP) is -0.0490. The van der Waals surface area contributed by atoms with Crippen LogP contribution in [0, 0.1) is 0 Å². The quantitative estimate of drug-likeness (QED) is 0.670. The van der Waals surface area contributed by atoms with Crippen LogP contribution in [0.25, 0.3) is 0 Å². The smallest absolute Gasteiger partial charge is 0.244 e. The molecule has 1 heterocycles. The van der Waals surface area contributed by atoms with Gasteiger partial charge < -0.3 is 10.2 Å². The van der Waals surface area contributed by atoms with Crippen molar-refractivity contribution in [1.29, 1.82) is 0 Å². The number of likely N-dealkylation sites (N-methyl/N-ethyl adjacent to an activating group) is 1. The number of carbonyl (C=O) groups is 1. The van der Waals surface area contributed by atoms with E-state index in [2.05, 4.69) is 10.4 Å². The van der Waals surface area contributed by atoms with Crippen molar-refractivity contribution in [3.63, 3.8) is 0 Å². The molecule has 1 aromatic rings. The van der Waals surface area contributed by atoms with E-state index in [-0.39, 0.29) is 5.91 Å². The summed E-state index contributed by atoms with van der Waals surface area (Å²) < 4.78 is 1.64. The van der Waals surface area contributed by atoms with Gasteiger partial charge in [-0.05, 0) is 26.1 Å². The van der Waals surface area contributed by atoms with Crippen LogP contribution in [0.3, 0.4) is 0 Å². The highest BCUT2D eigenvalue weighted by molar-refractivity contribution is 5.75. The molecule has 0 saturated carbocycles. The van der Waals surface area contributed by atoms with Crippen LogP contribution in [0.2, 0.25) is 0 Å². The van der Waals surface area contributed by atoms with Gasteiger partial charge in [0.15, 0.2) is 0 Å². The molecule has 15 heavy (non-hydrogen) atoms. The maximum absolute atomic E-state index is 11.6. The Balaban J connectivity index is 2.27. The molecule has 0 aliphatic carbocycles. The largest absolute Gasteiger partial charge is 0.344 e. The first-order valence-corrected chi connectivity index (χ1v) is 5.10. The van der Waals surface area contributed by atoms with Crippen molar-refractivity contribution in [2.45, 2.75) is 13.0 Å². The van der Waals surface area contributed by atoms with Gasteiger partial charge in [0, 0.05) is 26.0 Å². The van der Waals surface area contributed by atoms with Crippen LogP contribution in [0.1, 0.15) is 6.42 Å². The van der Waals surface area contributed by atoms with E-state index in [1.54, 1.807) is 22.0 Å². The monoisotopic (exact) mass is 210 g/mol. The van der Waals surface area contributed by atoms with E-state index in [9.17, 15) is 4.79 Å². The summed E-state index contributed by atoms with van der Waals surface area (Å²) in [4.78, 5) is 13.4. The molecule has 0 atom stereocenters. The number of rotatable bonds is 6. The third kappa shape index (κ3) is 4.12. The second-order valence-corrected chi connectivity index (χ2v) is 3.48. The van der Waals surface area contributed by atoms with Gasteiger partial charge in [0.05, 0.1) is 0 Å². The minimum absolute atomic E-state index is 0.0924. The van der Waals surface area contributed by atoms with E-state index in [0.717, 1.165) is 19.5 Å². The lowest BCUT2D eigenvalue weighted by molar-refractivity contribution is -0.130. The highest BCUT2D eigenvalue weighted by atomic mass is 16.2. The number of hydrogen-bond donors (Lipinski definition) is 1. The second kappa shape index (κ2) is 6.19. The van der Waals surface area contributed by atoms with Crippen molar-refractivity contribution in [2.24, 2.45) is 0 Å². The van der Waals surface area contributed by atoms with Crippen LogP contribution in [-0.2, 0) is 11.3 Å². The van der Waals surface area contributed by atoms with Gasteiger partial charge in [0.1, 0.15) is 6.54 Å². The average Bonchev–Trinajstić information content (AvgIpc) is 2.70. The van der Waals surface area contributed by atoms with Gasteiger partial charge in [-0.3, -0.25) is 9.48 Å². The SMILES string of the molecule is CNCCCN(C)C(=O)Cn1cccn1. The van der Waals surface area contributed by atoms with Gasteiger partial charge in [-0.25, -0.2) is 0 Å². The molecule has 0 fully saturated rings. The molecule has 1 amide bonds. The first-order valence-electron chi connectivity index (χ1n) is 5.10. The molecule has 5 heteroatoms. The van der Waals surface area contributed by atoms with Crippen LogP contribution < -0.4 is 5.32 Å². The highest BCUT2D eigenvalue weighted by Gasteiger charge is 2.08. The van der Waals surface area contributed by atoms with Crippen molar-refractivity contribution in [2.75, 3.05) is 27.2 Å². The summed E-state index contributed by atoms with van der Waals surface area (Å²) in [6, 6.07) is 1.81. The van der Waals surface area contributed by atoms with Gasteiger partial charge in [-0.15, -0.1) is 0 Å². The highest BCUT2D eigenvalue weighted by Crippen LogP contribution is 1.92. The molecule has 5 nitrogen and oxygen atoms in total. The van der Waals surface area contributed by atoms with Gasteiger partial charge >= 0.3 is 0 Å². The van der Waals surface area contributed by atoms with Crippen LogP contribution in [-0.4, -0.2) is 47.8 Å². The normalized spacial score (nSPS) is 10.3. The summed E-state index contributed by atoms with van der Waals surface area (Å²) in [5, 5.41) is 7.04. The zero-order chi connectivity index (χ0) is 11.1. The zero-order valence-electron chi connectivity index (χ0n) is 9.31. The zero-order valence-corrected chi connectivity index (χ0v) is 9.31. The van der Waals surface area contributed by atoms with E-state index >= 15 is 0 Å². The van der Waals surface area contributed by atoms with Gasteiger partial charge in [-0.2, -0.15) is 5.10 Å². The van der Waals surface area contributed by atoms with E-state index in [1.165, 1.54) is 0 Å². The number of amides is 1.